The van der Waals surface area contributed by atoms with Gasteiger partial charge in [-0.25, -0.2) is 0 Å². The summed E-state index contributed by atoms with van der Waals surface area (Å²) in [6.07, 6.45) is 5.06. The van der Waals surface area contributed by atoms with E-state index in [1.807, 2.05) is 30.3 Å². The van der Waals surface area contributed by atoms with E-state index in [4.69, 9.17) is 11.2 Å². The van der Waals surface area contributed by atoms with Gasteiger partial charge in [0, 0.05) is 6.54 Å². The van der Waals surface area contributed by atoms with Gasteiger partial charge >= 0.3 is 0 Å². The number of terminal acetylenes is 1. The maximum atomic E-state index is 11.5. The molecule has 0 saturated carbocycles. The van der Waals surface area contributed by atoms with Crippen molar-refractivity contribution in [1.29, 1.82) is 0 Å². The van der Waals surface area contributed by atoms with Crippen molar-refractivity contribution in [2.45, 2.75) is 13.0 Å². The summed E-state index contributed by atoms with van der Waals surface area (Å²) in [5, 5.41) is 5.67. The van der Waals surface area contributed by atoms with Crippen LogP contribution in [0.25, 0.3) is 0 Å². The van der Waals surface area contributed by atoms with Gasteiger partial charge < -0.3 is 15.4 Å². The molecule has 1 amide bonds. The molecular weight excluding hydrogens is 228 g/mol. The van der Waals surface area contributed by atoms with Gasteiger partial charge in [-0.3, -0.25) is 4.79 Å². The summed E-state index contributed by atoms with van der Waals surface area (Å²) < 4.78 is 5.49. The minimum atomic E-state index is -0.280. The molecule has 1 rings (SSSR count). The van der Waals surface area contributed by atoms with Gasteiger partial charge in [-0.15, -0.1) is 6.42 Å². The topological polar surface area (TPSA) is 50.4 Å². The second-order valence-electron chi connectivity index (χ2n) is 3.76. The van der Waals surface area contributed by atoms with E-state index in [0.29, 0.717) is 13.2 Å². The van der Waals surface area contributed by atoms with Crippen molar-refractivity contribution in [3.8, 4) is 18.1 Å². The van der Waals surface area contributed by atoms with Crippen LogP contribution in [0.15, 0.2) is 30.3 Å². The molecule has 0 aromatic heterocycles. The number of carbonyl (C=O) groups excluding carboxylic acids is 1. The zero-order chi connectivity index (χ0) is 13.2. The predicted molar refractivity (Wildman–Crippen MR) is 71.2 cm³/mol. The molecule has 1 atom stereocenters. The molecule has 2 N–H and O–H groups in total. The van der Waals surface area contributed by atoms with Gasteiger partial charge in [-0.2, -0.15) is 0 Å². The first-order valence-electron chi connectivity index (χ1n) is 5.86. The van der Waals surface area contributed by atoms with E-state index in [9.17, 15) is 4.79 Å². The molecule has 0 heterocycles. The van der Waals surface area contributed by atoms with E-state index < -0.39 is 0 Å². The average molecular weight is 246 g/mol. The van der Waals surface area contributed by atoms with Gasteiger partial charge in [-0.05, 0) is 19.1 Å². The highest BCUT2D eigenvalue weighted by Gasteiger charge is 2.10. The lowest BCUT2D eigenvalue weighted by Crippen LogP contribution is -2.43. The van der Waals surface area contributed by atoms with E-state index in [1.54, 1.807) is 6.92 Å². The van der Waals surface area contributed by atoms with Crippen LogP contribution in [-0.2, 0) is 4.79 Å². The van der Waals surface area contributed by atoms with Crippen LogP contribution < -0.4 is 15.4 Å². The average Bonchev–Trinajstić information content (AvgIpc) is 2.41. The number of benzene rings is 1. The lowest BCUT2D eigenvalue weighted by Gasteiger charge is -2.13. The number of nitrogens with one attached hydrogen (secondary N) is 2. The Hall–Kier alpha value is -1.99. The Kier molecular flexibility index (Phi) is 6.37. The third-order valence-electron chi connectivity index (χ3n) is 2.32. The van der Waals surface area contributed by atoms with Gasteiger partial charge in [0.05, 0.1) is 12.6 Å². The Labute approximate surface area is 108 Å². The highest BCUT2D eigenvalue weighted by Crippen LogP contribution is 2.07. The maximum Gasteiger partial charge on any atom is 0.237 e. The van der Waals surface area contributed by atoms with Crippen molar-refractivity contribution >= 4 is 5.91 Å². The fourth-order valence-electron chi connectivity index (χ4n) is 1.34. The molecule has 1 aromatic rings. The van der Waals surface area contributed by atoms with Crippen molar-refractivity contribution in [3.05, 3.63) is 30.3 Å². The molecule has 0 aliphatic rings. The number of hydrogen-bond donors (Lipinski definition) is 2. The molecule has 96 valence electrons. The van der Waals surface area contributed by atoms with Crippen LogP contribution in [0, 0.1) is 12.3 Å². The Morgan fingerprint density at radius 3 is 2.83 bits per heavy atom. The lowest BCUT2D eigenvalue weighted by molar-refractivity contribution is -0.122. The van der Waals surface area contributed by atoms with Crippen LogP contribution in [0.5, 0.6) is 5.75 Å². The van der Waals surface area contributed by atoms with E-state index >= 15 is 0 Å². The Morgan fingerprint density at radius 2 is 2.17 bits per heavy atom. The molecular formula is C14H18N2O2. The van der Waals surface area contributed by atoms with Crippen LogP contribution in [0.3, 0.4) is 0 Å². The second kappa shape index (κ2) is 8.15. The van der Waals surface area contributed by atoms with Crippen LogP contribution >= 0.6 is 0 Å². The monoisotopic (exact) mass is 246 g/mol. The first-order valence-corrected chi connectivity index (χ1v) is 5.86. The van der Waals surface area contributed by atoms with Crippen LogP contribution in [0.2, 0.25) is 0 Å². The summed E-state index contributed by atoms with van der Waals surface area (Å²) >= 11 is 0. The fraction of sp³-hybridized carbons (Fsp3) is 0.357. The third-order valence-corrected chi connectivity index (χ3v) is 2.32. The van der Waals surface area contributed by atoms with Crippen molar-refractivity contribution < 1.29 is 9.53 Å². The zero-order valence-corrected chi connectivity index (χ0v) is 10.5. The largest absolute Gasteiger partial charge is 0.492 e. The van der Waals surface area contributed by atoms with Crippen LogP contribution in [0.4, 0.5) is 0 Å². The van der Waals surface area contributed by atoms with E-state index in [1.165, 1.54) is 0 Å². The first-order chi connectivity index (χ1) is 8.74. The Balaban J connectivity index is 2.14. The lowest BCUT2D eigenvalue weighted by atomic mass is 10.3. The van der Waals surface area contributed by atoms with E-state index in [-0.39, 0.29) is 18.5 Å². The number of rotatable bonds is 7. The summed E-state index contributed by atoms with van der Waals surface area (Å²) in [4.78, 5) is 11.5. The van der Waals surface area contributed by atoms with Crippen molar-refractivity contribution in [2.24, 2.45) is 0 Å². The highest BCUT2D eigenvalue weighted by atomic mass is 16.5. The molecule has 0 aliphatic heterocycles. The molecule has 0 bridgehead atoms. The van der Waals surface area contributed by atoms with Crippen molar-refractivity contribution in [1.82, 2.24) is 10.6 Å². The summed E-state index contributed by atoms with van der Waals surface area (Å²) in [6, 6.07) is 9.27. The van der Waals surface area contributed by atoms with Gasteiger partial charge in [-0.1, -0.05) is 24.1 Å². The van der Waals surface area contributed by atoms with Crippen LogP contribution in [-0.4, -0.2) is 31.6 Å². The molecule has 1 aromatic carbocycles. The van der Waals surface area contributed by atoms with E-state index in [0.717, 1.165) is 5.75 Å². The number of carbonyl (C=O) groups is 1. The van der Waals surface area contributed by atoms with Crippen molar-refractivity contribution in [3.63, 3.8) is 0 Å². The molecule has 0 aliphatic carbocycles. The van der Waals surface area contributed by atoms with Crippen molar-refractivity contribution in [2.75, 3.05) is 19.7 Å². The molecule has 4 nitrogen and oxygen atoms in total. The summed E-state index contributed by atoms with van der Waals surface area (Å²) in [5.74, 6) is 3.08. The van der Waals surface area contributed by atoms with Crippen LogP contribution in [0.1, 0.15) is 6.92 Å². The molecule has 0 spiro atoms. The number of amides is 1. The Morgan fingerprint density at radius 1 is 1.44 bits per heavy atom. The highest BCUT2D eigenvalue weighted by molar-refractivity contribution is 5.81. The molecule has 1 unspecified atom stereocenters. The first kappa shape index (κ1) is 14.1. The molecule has 4 heteroatoms. The molecule has 18 heavy (non-hydrogen) atoms. The zero-order valence-electron chi connectivity index (χ0n) is 10.5. The van der Waals surface area contributed by atoms with E-state index in [2.05, 4.69) is 16.6 Å². The number of ether oxygens (including phenoxy) is 1. The summed E-state index contributed by atoms with van der Waals surface area (Å²) in [7, 11) is 0. The second-order valence-corrected chi connectivity index (χ2v) is 3.76. The number of hydrogen-bond acceptors (Lipinski definition) is 3. The standard InChI is InChI=1S/C14H18N2O2/c1-3-9-16-14(17)12(2)15-10-11-18-13-7-5-4-6-8-13/h1,4-8,12,15H,9-11H2,2H3,(H,16,17). The van der Waals surface area contributed by atoms with Gasteiger partial charge in [0.15, 0.2) is 0 Å². The normalized spacial score (nSPS) is 11.3. The quantitative estimate of drug-likeness (QED) is 0.552. The molecule has 0 radical (unpaired) electrons. The molecule has 0 fully saturated rings. The van der Waals surface area contributed by atoms with Gasteiger partial charge in [0.1, 0.15) is 12.4 Å². The Bertz CT molecular complexity index is 398. The van der Waals surface area contributed by atoms with Gasteiger partial charge in [0.2, 0.25) is 5.91 Å². The van der Waals surface area contributed by atoms with Gasteiger partial charge in [0.25, 0.3) is 0 Å². The smallest absolute Gasteiger partial charge is 0.237 e. The summed E-state index contributed by atoms with van der Waals surface area (Å²) in [6.45, 7) is 3.15. The fourth-order valence-corrected chi connectivity index (χ4v) is 1.34. The SMILES string of the molecule is C#CCNC(=O)C(C)NCCOc1ccccc1. The third kappa shape index (κ3) is 5.37. The predicted octanol–water partition coefficient (Wildman–Crippen LogP) is 0.793. The minimum Gasteiger partial charge on any atom is -0.492 e. The maximum absolute atomic E-state index is 11.5. The molecule has 0 saturated heterocycles. The minimum absolute atomic E-state index is 0.104. The summed E-state index contributed by atoms with van der Waals surface area (Å²) in [5.41, 5.74) is 0. The number of para-hydroxylation sites is 1.